The van der Waals surface area contributed by atoms with E-state index in [1.807, 2.05) is 12.1 Å². The van der Waals surface area contributed by atoms with Gasteiger partial charge in [-0.15, -0.1) is 12.8 Å². The summed E-state index contributed by atoms with van der Waals surface area (Å²) in [6, 6.07) is 12.3. The minimum Gasteiger partial charge on any atom is -0.493 e. The van der Waals surface area contributed by atoms with E-state index >= 15 is 0 Å². The summed E-state index contributed by atoms with van der Waals surface area (Å²) in [6.07, 6.45) is 10.2. The van der Waals surface area contributed by atoms with Crippen molar-refractivity contribution in [1.29, 1.82) is 0 Å². The second-order valence-electron chi connectivity index (χ2n) is 6.29. The van der Waals surface area contributed by atoms with E-state index in [1.54, 1.807) is 37.4 Å². The van der Waals surface area contributed by atoms with Crippen LogP contribution in [0.2, 0.25) is 5.02 Å². The lowest BCUT2D eigenvalue weighted by Crippen LogP contribution is -2.41. The van der Waals surface area contributed by atoms with E-state index in [0.717, 1.165) is 5.56 Å². The molecule has 0 heterocycles. The van der Waals surface area contributed by atoms with Crippen LogP contribution in [-0.4, -0.2) is 45.5 Å². The molecule has 1 atom stereocenters. The van der Waals surface area contributed by atoms with Gasteiger partial charge in [-0.3, -0.25) is 4.79 Å². The monoisotopic (exact) mass is 441 g/mol. The summed E-state index contributed by atoms with van der Waals surface area (Å²) < 4.78 is 21.8. The number of carbonyl (C=O) groups excluding carboxylic acids is 1. The van der Waals surface area contributed by atoms with Crippen LogP contribution in [0.4, 0.5) is 0 Å². The standard InChI is InChI=1S/C24H24ClNO5/c1-4-14-29-21-11-6-18(16-22(21)28-3)12-13-26-24(27)23(30-15-5-2)17-31-20-9-7-19(25)8-10-20/h1-2,6-11,16,23H,12-15,17H2,3H3,(H,26,27)/t23-/m1/s1. The third-order valence-corrected chi connectivity index (χ3v) is 4.38. The van der Waals surface area contributed by atoms with Gasteiger partial charge in [0.05, 0.1) is 7.11 Å². The van der Waals surface area contributed by atoms with Crippen LogP contribution in [-0.2, 0) is 16.0 Å². The van der Waals surface area contributed by atoms with Crippen molar-refractivity contribution in [3.05, 3.63) is 53.1 Å². The maximum absolute atomic E-state index is 12.5. The van der Waals surface area contributed by atoms with E-state index in [-0.39, 0.29) is 25.7 Å². The van der Waals surface area contributed by atoms with Crippen molar-refractivity contribution in [1.82, 2.24) is 5.32 Å². The van der Waals surface area contributed by atoms with Gasteiger partial charge in [0, 0.05) is 11.6 Å². The molecular weight excluding hydrogens is 418 g/mol. The summed E-state index contributed by atoms with van der Waals surface area (Å²) in [5.41, 5.74) is 0.962. The zero-order chi connectivity index (χ0) is 22.5. The highest BCUT2D eigenvalue weighted by atomic mass is 35.5. The van der Waals surface area contributed by atoms with E-state index < -0.39 is 6.10 Å². The van der Waals surface area contributed by atoms with Crippen molar-refractivity contribution >= 4 is 17.5 Å². The molecule has 0 fully saturated rings. The fourth-order valence-corrected chi connectivity index (χ4v) is 2.73. The van der Waals surface area contributed by atoms with E-state index in [2.05, 4.69) is 17.2 Å². The first kappa shape index (κ1) is 24.0. The SMILES string of the molecule is C#CCOc1ccc(CCNC(=O)[C@@H](COc2ccc(Cl)cc2)OCC#C)cc1OC. The first-order chi connectivity index (χ1) is 15.1. The van der Waals surface area contributed by atoms with Crippen LogP contribution < -0.4 is 19.5 Å². The molecule has 0 unspecified atom stereocenters. The molecule has 7 heteroatoms. The third-order valence-electron chi connectivity index (χ3n) is 4.13. The van der Waals surface area contributed by atoms with Gasteiger partial charge < -0.3 is 24.3 Å². The fourth-order valence-electron chi connectivity index (χ4n) is 2.60. The van der Waals surface area contributed by atoms with Crippen molar-refractivity contribution in [2.24, 2.45) is 0 Å². The molecule has 1 N–H and O–H groups in total. The number of ether oxygens (including phenoxy) is 4. The first-order valence-electron chi connectivity index (χ1n) is 9.51. The van der Waals surface area contributed by atoms with Crippen LogP contribution in [0.25, 0.3) is 0 Å². The van der Waals surface area contributed by atoms with E-state index in [0.29, 0.717) is 35.2 Å². The van der Waals surface area contributed by atoms with Gasteiger partial charge in [0.25, 0.3) is 5.91 Å². The van der Waals surface area contributed by atoms with Crippen LogP contribution in [0.1, 0.15) is 5.56 Å². The van der Waals surface area contributed by atoms with Crippen molar-refractivity contribution in [3.63, 3.8) is 0 Å². The van der Waals surface area contributed by atoms with Gasteiger partial charge >= 0.3 is 0 Å². The van der Waals surface area contributed by atoms with Crippen molar-refractivity contribution in [2.75, 3.05) is 33.5 Å². The third kappa shape index (κ3) is 8.14. The summed E-state index contributed by atoms with van der Waals surface area (Å²) in [6.45, 7) is 0.564. The zero-order valence-corrected chi connectivity index (χ0v) is 18.0. The predicted molar refractivity (Wildman–Crippen MR) is 120 cm³/mol. The van der Waals surface area contributed by atoms with Gasteiger partial charge in [-0.05, 0) is 48.4 Å². The molecule has 2 aromatic rings. The van der Waals surface area contributed by atoms with Gasteiger partial charge in [-0.1, -0.05) is 29.5 Å². The topological polar surface area (TPSA) is 66.0 Å². The van der Waals surface area contributed by atoms with Gasteiger partial charge in [0.2, 0.25) is 0 Å². The lowest BCUT2D eigenvalue weighted by Gasteiger charge is -2.17. The Morgan fingerprint density at radius 2 is 1.81 bits per heavy atom. The number of rotatable bonds is 12. The molecule has 1 amide bonds. The molecule has 0 aromatic heterocycles. The molecule has 0 saturated carbocycles. The molecule has 6 nitrogen and oxygen atoms in total. The lowest BCUT2D eigenvalue weighted by molar-refractivity contribution is -0.133. The lowest BCUT2D eigenvalue weighted by atomic mass is 10.1. The summed E-state index contributed by atoms with van der Waals surface area (Å²) in [4.78, 5) is 12.5. The maximum atomic E-state index is 12.5. The summed E-state index contributed by atoms with van der Waals surface area (Å²) in [5, 5.41) is 3.43. The molecule has 0 radical (unpaired) electrons. The number of hydrogen-bond donors (Lipinski definition) is 1. The quantitative estimate of drug-likeness (QED) is 0.513. The highest BCUT2D eigenvalue weighted by Crippen LogP contribution is 2.28. The first-order valence-corrected chi connectivity index (χ1v) is 9.89. The van der Waals surface area contributed by atoms with Crippen LogP contribution in [0.3, 0.4) is 0 Å². The number of terminal acetylenes is 2. The smallest absolute Gasteiger partial charge is 0.252 e. The van der Waals surface area contributed by atoms with Crippen molar-refractivity contribution in [3.8, 4) is 41.9 Å². The summed E-state index contributed by atoms with van der Waals surface area (Å²) in [5.74, 6) is 6.17. The number of carbonyl (C=O) groups is 1. The Balaban J connectivity index is 1.89. The molecular formula is C24H24ClNO5. The van der Waals surface area contributed by atoms with Gasteiger partial charge in [-0.25, -0.2) is 0 Å². The molecule has 0 saturated heterocycles. The Morgan fingerprint density at radius 3 is 2.48 bits per heavy atom. The molecule has 0 aliphatic rings. The van der Waals surface area contributed by atoms with Crippen LogP contribution >= 0.6 is 11.6 Å². The molecule has 0 aliphatic heterocycles. The predicted octanol–water partition coefficient (Wildman–Crippen LogP) is 3.12. The average molecular weight is 442 g/mol. The molecule has 0 spiro atoms. The minimum absolute atomic E-state index is 0.00160. The van der Waals surface area contributed by atoms with E-state index in [1.165, 1.54) is 0 Å². The zero-order valence-electron chi connectivity index (χ0n) is 17.2. The Hall–Kier alpha value is -3.32. The van der Waals surface area contributed by atoms with Gasteiger partial charge in [0.1, 0.15) is 25.6 Å². The minimum atomic E-state index is -0.846. The molecule has 2 aromatic carbocycles. The van der Waals surface area contributed by atoms with Gasteiger partial charge in [0.15, 0.2) is 17.6 Å². The summed E-state index contributed by atoms with van der Waals surface area (Å²) >= 11 is 5.86. The molecule has 162 valence electrons. The largest absolute Gasteiger partial charge is 0.493 e. The molecule has 0 aliphatic carbocycles. The molecule has 2 rings (SSSR count). The van der Waals surface area contributed by atoms with Crippen molar-refractivity contribution in [2.45, 2.75) is 12.5 Å². The number of hydrogen-bond acceptors (Lipinski definition) is 5. The van der Waals surface area contributed by atoms with Crippen LogP contribution in [0.5, 0.6) is 17.2 Å². The van der Waals surface area contributed by atoms with Crippen LogP contribution in [0.15, 0.2) is 42.5 Å². The van der Waals surface area contributed by atoms with E-state index in [4.69, 9.17) is 43.4 Å². The Kier molecular flexibility index (Phi) is 10.1. The Bertz CT molecular complexity index is 930. The number of methoxy groups -OCH3 is 1. The number of nitrogens with one attached hydrogen (secondary N) is 1. The van der Waals surface area contributed by atoms with Crippen LogP contribution in [0, 0.1) is 24.7 Å². The maximum Gasteiger partial charge on any atom is 0.252 e. The highest BCUT2D eigenvalue weighted by Gasteiger charge is 2.20. The Morgan fingerprint density at radius 1 is 1.06 bits per heavy atom. The fraction of sp³-hybridized carbons (Fsp3) is 0.292. The van der Waals surface area contributed by atoms with Gasteiger partial charge in [-0.2, -0.15) is 0 Å². The highest BCUT2D eigenvalue weighted by molar-refractivity contribution is 6.30. The normalized spacial score (nSPS) is 11.0. The second-order valence-corrected chi connectivity index (χ2v) is 6.72. The average Bonchev–Trinajstić information content (AvgIpc) is 2.79. The number of halogens is 1. The second kappa shape index (κ2) is 13.1. The Labute approximate surface area is 187 Å². The summed E-state index contributed by atoms with van der Waals surface area (Å²) in [7, 11) is 1.55. The molecule has 31 heavy (non-hydrogen) atoms. The molecule has 0 bridgehead atoms. The number of benzene rings is 2. The van der Waals surface area contributed by atoms with E-state index in [9.17, 15) is 4.79 Å². The number of amides is 1. The van der Waals surface area contributed by atoms with Crippen molar-refractivity contribution < 1.29 is 23.7 Å².